The predicted octanol–water partition coefficient (Wildman–Crippen LogP) is 3.60. The summed E-state index contributed by atoms with van der Waals surface area (Å²) in [6.45, 7) is 1.93. The Labute approximate surface area is 173 Å². The van der Waals surface area contributed by atoms with Crippen LogP contribution in [0, 0.1) is 0 Å². The maximum atomic E-state index is 12.5. The van der Waals surface area contributed by atoms with Crippen LogP contribution in [-0.4, -0.2) is 42.3 Å². The quantitative estimate of drug-likeness (QED) is 0.683. The monoisotopic (exact) mass is 421 g/mol. The number of halogens is 2. The molecule has 0 aliphatic carbocycles. The van der Waals surface area contributed by atoms with Gasteiger partial charge in [0.2, 0.25) is 11.8 Å². The van der Waals surface area contributed by atoms with Crippen molar-refractivity contribution in [2.75, 3.05) is 25.0 Å². The molecule has 28 heavy (non-hydrogen) atoms. The highest BCUT2D eigenvalue weighted by Crippen LogP contribution is 2.25. The van der Waals surface area contributed by atoms with Crippen LogP contribution in [0.4, 0.5) is 5.69 Å². The summed E-state index contributed by atoms with van der Waals surface area (Å²) in [5.74, 6) is -1.10. The van der Waals surface area contributed by atoms with Gasteiger partial charge in [0.1, 0.15) is 0 Å². The first-order valence-electron chi connectivity index (χ1n) is 8.76. The Balaban J connectivity index is 1.93. The van der Waals surface area contributed by atoms with Gasteiger partial charge in [0.25, 0.3) is 5.91 Å². The zero-order valence-corrected chi connectivity index (χ0v) is 16.9. The third-order valence-electron chi connectivity index (χ3n) is 3.82. The molecule has 3 amide bonds. The molecule has 0 aromatic heterocycles. The van der Waals surface area contributed by atoms with E-state index in [1.54, 1.807) is 42.5 Å². The molecule has 0 bridgehead atoms. The minimum absolute atomic E-state index is 0.156. The number of nitrogens with one attached hydrogen (secondary N) is 2. The zero-order valence-electron chi connectivity index (χ0n) is 15.4. The predicted molar refractivity (Wildman–Crippen MR) is 111 cm³/mol. The van der Waals surface area contributed by atoms with Gasteiger partial charge < -0.3 is 15.5 Å². The topological polar surface area (TPSA) is 78.5 Å². The largest absolute Gasteiger partial charge is 0.343 e. The van der Waals surface area contributed by atoms with Crippen LogP contribution in [0.5, 0.6) is 0 Å². The van der Waals surface area contributed by atoms with Crippen molar-refractivity contribution >= 4 is 46.6 Å². The fourth-order valence-corrected chi connectivity index (χ4v) is 2.81. The molecule has 0 atom stereocenters. The van der Waals surface area contributed by atoms with E-state index in [0.29, 0.717) is 34.3 Å². The van der Waals surface area contributed by atoms with E-state index in [1.165, 1.54) is 11.0 Å². The van der Waals surface area contributed by atoms with E-state index in [4.69, 9.17) is 23.2 Å². The minimum Gasteiger partial charge on any atom is -0.343 e. The van der Waals surface area contributed by atoms with E-state index in [0.717, 1.165) is 0 Å². The summed E-state index contributed by atoms with van der Waals surface area (Å²) < 4.78 is 0. The van der Waals surface area contributed by atoms with Gasteiger partial charge in [-0.1, -0.05) is 48.3 Å². The second-order valence-corrected chi connectivity index (χ2v) is 6.88. The molecule has 6 nitrogen and oxygen atoms in total. The fraction of sp³-hybridized carbons (Fsp3) is 0.250. The number of amides is 3. The molecule has 0 aliphatic heterocycles. The second kappa shape index (κ2) is 10.7. The van der Waals surface area contributed by atoms with E-state index < -0.39 is 5.91 Å². The van der Waals surface area contributed by atoms with Crippen molar-refractivity contribution < 1.29 is 14.4 Å². The van der Waals surface area contributed by atoms with Crippen LogP contribution in [0.1, 0.15) is 23.7 Å². The van der Waals surface area contributed by atoms with Crippen LogP contribution < -0.4 is 10.6 Å². The molecule has 0 spiro atoms. The van der Waals surface area contributed by atoms with Gasteiger partial charge in [-0.25, -0.2) is 0 Å². The molecule has 0 aliphatic rings. The molecular formula is C20H21Cl2N3O3. The van der Waals surface area contributed by atoms with Gasteiger partial charge in [0, 0.05) is 17.1 Å². The lowest BCUT2D eigenvalue weighted by Crippen LogP contribution is -2.44. The smallest absolute Gasteiger partial charge is 0.251 e. The summed E-state index contributed by atoms with van der Waals surface area (Å²) in [6.07, 6.45) is 0.670. The molecule has 0 fully saturated rings. The lowest BCUT2D eigenvalue weighted by atomic mass is 10.2. The van der Waals surface area contributed by atoms with E-state index in [1.807, 2.05) is 6.92 Å². The van der Waals surface area contributed by atoms with Crippen LogP contribution in [0.2, 0.25) is 10.0 Å². The van der Waals surface area contributed by atoms with Crippen molar-refractivity contribution in [3.05, 3.63) is 64.1 Å². The van der Waals surface area contributed by atoms with Crippen molar-refractivity contribution in [1.29, 1.82) is 0 Å². The highest BCUT2D eigenvalue weighted by Gasteiger charge is 2.18. The normalized spacial score (nSPS) is 10.2. The van der Waals surface area contributed by atoms with E-state index >= 15 is 0 Å². The van der Waals surface area contributed by atoms with Crippen LogP contribution in [0.25, 0.3) is 0 Å². The van der Waals surface area contributed by atoms with E-state index in [-0.39, 0.29) is 24.9 Å². The van der Waals surface area contributed by atoms with Gasteiger partial charge in [-0.3, -0.25) is 14.4 Å². The molecule has 0 saturated carbocycles. The number of benzene rings is 2. The lowest BCUT2D eigenvalue weighted by molar-refractivity contribution is -0.133. The summed E-state index contributed by atoms with van der Waals surface area (Å²) in [4.78, 5) is 38.3. The zero-order chi connectivity index (χ0) is 20.5. The van der Waals surface area contributed by atoms with Crippen molar-refractivity contribution in [1.82, 2.24) is 10.2 Å². The minimum atomic E-state index is -0.402. The fourth-order valence-electron chi connectivity index (χ4n) is 2.48. The number of carbonyl (C=O) groups is 3. The standard InChI is InChI=1S/C20H21Cl2N3O3/c1-2-10-25(13-18(26)24-17-11-15(21)8-9-16(17)22)19(27)12-23-20(28)14-6-4-3-5-7-14/h3-9,11H,2,10,12-13H2,1H3,(H,23,28)(H,24,26). The van der Waals surface area contributed by atoms with Crippen molar-refractivity contribution in [3.63, 3.8) is 0 Å². The van der Waals surface area contributed by atoms with Crippen LogP contribution in [-0.2, 0) is 9.59 Å². The highest BCUT2D eigenvalue weighted by molar-refractivity contribution is 6.35. The third kappa shape index (κ3) is 6.55. The molecule has 2 N–H and O–H groups in total. The molecule has 2 rings (SSSR count). The molecular weight excluding hydrogens is 401 g/mol. The number of rotatable bonds is 8. The summed E-state index contributed by atoms with van der Waals surface area (Å²) in [5, 5.41) is 6.01. The highest BCUT2D eigenvalue weighted by atomic mass is 35.5. The molecule has 2 aromatic rings. The van der Waals surface area contributed by atoms with Gasteiger partial charge in [0.15, 0.2) is 0 Å². The Kier molecular flexibility index (Phi) is 8.29. The summed E-state index contributed by atoms with van der Waals surface area (Å²) in [6, 6.07) is 13.3. The SMILES string of the molecule is CCCN(CC(=O)Nc1cc(Cl)ccc1Cl)C(=O)CNC(=O)c1ccccc1. The maximum Gasteiger partial charge on any atom is 0.251 e. The summed E-state index contributed by atoms with van der Waals surface area (Å²) in [7, 11) is 0. The summed E-state index contributed by atoms with van der Waals surface area (Å²) >= 11 is 12.0. The molecule has 0 radical (unpaired) electrons. The van der Waals surface area contributed by atoms with E-state index in [9.17, 15) is 14.4 Å². The van der Waals surface area contributed by atoms with Gasteiger partial charge >= 0.3 is 0 Å². The van der Waals surface area contributed by atoms with Crippen molar-refractivity contribution in [2.45, 2.75) is 13.3 Å². The van der Waals surface area contributed by atoms with Crippen LogP contribution in [0.3, 0.4) is 0 Å². The summed E-state index contributed by atoms with van der Waals surface area (Å²) in [5.41, 5.74) is 0.839. The second-order valence-electron chi connectivity index (χ2n) is 6.04. The Morgan fingerprint density at radius 1 is 1.04 bits per heavy atom. The average Bonchev–Trinajstić information content (AvgIpc) is 2.69. The molecule has 0 saturated heterocycles. The van der Waals surface area contributed by atoms with E-state index in [2.05, 4.69) is 10.6 Å². The first-order valence-corrected chi connectivity index (χ1v) is 9.52. The Hall–Kier alpha value is -2.57. The number of carbonyl (C=O) groups excluding carboxylic acids is 3. The van der Waals surface area contributed by atoms with Crippen molar-refractivity contribution in [3.8, 4) is 0 Å². The molecule has 148 valence electrons. The number of hydrogen-bond acceptors (Lipinski definition) is 3. The molecule has 8 heteroatoms. The van der Waals surface area contributed by atoms with Crippen LogP contribution >= 0.6 is 23.2 Å². The number of hydrogen-bond donors (Lipinski definition) is 2. The Morgan fingerprint density at radius 2 is 1.75 bits per heavy atom. The first-order chi connectivity index (χ1) is 13.4. The van der Waals surface area contributed by atoms with Gasteiger partial charge in [-0.15, -0.1) is 0 Å². The maximum absolute atomic E-state index is 12.5. The third-order valence-corrected chi connectivity index (χ3v) is 4.38. The Morgan fingerprint density at radius 3 is 2.43 bits per heavy atom. The van der Waals surface area contributed by atoms with Gasteiger partial charge in [0.05, 0.1) is 23.8 Å². The molecule has 0 heterocycles. The van der Waals surface area contributed by atoms with Gasteiger partial charge in [-0.05, 0) is 36.8 Å². The van der Waals surface area contributed by atoms with Crippen molar-refractivity contribution in [2.24, 2.45) is 0 Å². The Bertz CT molecular complexity index is 844. The molecule has 0 unspecified atom stereocenters. The first kappa shape index (κ1) is 21.7. The van der Waals surface area contributed by atoms with Crippen LogP contribution in [0.15, 0.2) is 48.5 Å². The average molecular weight is 422 g/mol. The number of anilines is 1. The molecule has 2 aromatic carbocycles. The number of nitrogens with zero attached hydrogens (tertiary/aromatic N) is 1. The lowest BCUT2D eigenvalue weighted by Gasteiger charge is -2.22. The van der Waals surface area contributed by atoms with Gasteiger partial charge in [-0.2, -0.15) is 0 Å².